The van der Waals surface area contributed by atoms with Gasteiger partial charge in [-0.3, -0.25) is 4.31 Å². The first-order valence-electron chi connectivity index (χ1n) is 6.06. The zero-order chi connectivity index (χ0) is 14.3. The molecule has 1 heterocycles. The van der Waals surface area contributed by atoms with Gasteiger partial charge in [-0.25, -0.2) is 12.8 Å². The van der Waals surface area contributed by atoms with E-state index in [1.807, 2.05) is 18.2 Å². The molecule has 3 rings (SSSR count). The average Bonchev–Trinajstić information content (AvgIpc) is 2.86. The van der Waals surface area contributed by atoms with Crippen LogP contribution in [-0.2, 0) is 16.4 Å². The van der Waals surface area contributed by atoms with E-state index in [2.05, 4.69) is 15.9 Å². The van der Waals surface area contributed by atoms with Crippen LogP contribution in [0.1, 0.15) is 5.56 Å². The molecule has 3 nitrogen and oxygen atoms in total. The van der Waals surface area contributed by atoms with Gasteiger partial charge in [-0.2, -0.15) is 0 Å². The van der Waals surface area contributed by atoms with E-state index >= 15 is 0 Å². The second kappa shape index (κ2) is 4.86. The van der Waals surface area contributed by atoms with Gasteiger partial charge in [-0.05, 0) is 52.2 Å². The van der Waals surface area contributed by atoms with E-state index in [9.17, 15) is 12.8 Å². The van der Waals surface area contributed by atoms with Crippen LogP contribution in [0.15, 0.2) is 51.8 Å². The van der Waals surface area contributed by atoms with Crippen LogP contribution in [0.4, 0.5) is 10.1 Å². The van der Waals surface area contributed by atoms with Crippen molar-refractivity contribution >= 4 is 31.6 Å². The number of hydrogen-bond donors (Lipinski definition) is 0. The van der Waals surface area contributed by atoms with Crippen LogP contribution in [-0.4, -0.2) is 15.0 Å². The molecule has 6 heteroatoms. The van der Waals surface area contributed by atoms with E-state index < -0.39 is 15.8 Å². The van der Waals surface area contributed by atoms with Crippen LogP contribution >= 0.6 is 15.9 Å². The quantitative estimate of drug-likeness (QED) is 0.828. The molecule has 0 aliphatic carbocycles. The van der Waals surface area contributed by atoms with Gasteiger partial charge in [-0.1, -0.05) is 18.2 Å². The third kappa shape index (κ3) is 2.13. The van der Waals surface area contributed by atoms with Crippen LogP contribution in [0.5, 0.6) is 0 Å². The summed E-state index contributed by atoms with van der Waals surface area (Å²) < 4.78 is 40.1. The third-order valence-corrected chi connectivity index (χ3v) is 5.74. The number of rotatable bonds is 2. The second-order valence-electron chi connectivity index (χ2n) is 4.53. The summed E-state index contributed by atoms with van der Waals surface area (Å²) in [7, 11) is -3.65. The maximum absolute atomic E-state index is 13.2. The number of hydrogen-bond acceptors (Lipinski definition) is 2. The number of fused-ring (bicyclic) bond motifs is 1. The topological polar surface area (TPSA) is 37.4 Å². The van der Waals surface area contributed by atoms with Gasteiger partial charge in [-0.15, -0.1) is 0 Å². The summed E-state index contributed by atoms with van der Waals surface area (Å²) in [5.74, 6) is -0.481. The fourth-order valence-electron chi connectivity index (χ4n) is 2.32. The number of benzene rings is 2. The zero-order valence-corrected chi connectivity index (χ0v) is 12.8. The smallest absolute Gasteiger partial charge is 0.264 e. The van der Waals surface area contributed by atoms with Gasteiger partial charge in [0.05, 0.1) is 15.1 Å². The van der Waals surface area contributed by atoms with Crippen molar-refractivity contribution in [3.05, 3.63) is 58.3 Å². The zero-order valence-electron chi connectivity index (χ0n) is 10.4. The Kier molecular flexibility index (Phi) is 3.30. The van der Waals surface area contributed by atoms with Crippen LogP contribution in [0, 0.1) is 5.82 Å². The summed E-state index contributed by atoms with van der Waals surface area (Å²) >= 11 is 3.02. The van der Waals surface area contributed by atoms with Crippen molar-refractivity contribution in [1.29, 1.82) is 0 Å². The Morgan fingerprint density at radius 1 is 1.15 bits per heavy atom. The summed E-state index contributed by atoms with van der Waals surface area (Å²) in [6.45, 7) is 0.413. The molecule has 0 atom stereocenters. The fourth-order valence-corrected chi connectivity index (χ4v) is 4.38. The highest BCUT2D eigenvalue weighted by Gasteiger charge is 2.30. The number of sulfonamides is 1. The third-order valence-electron chi connectivity index (χ3n) is 3.32. The lowest BCUT2D eigenvalue weighted by Gasteiger charge is -2.19. The van der Waals surface area contributed by atoms with Crippen LogP contribution in [0.3, 0.4) is 0 Å². The fraction of sp³-hybridized carbons (Fsp3) is 0.143. The largest absolute Gasteiger partial charge is 0.266 e. The Bertz CT molecular complexity index is 776. The number of halogens is 2. The number of anilines is 1. The number of nitrogens with zero attached hydrogens (tertiary/aromatic N) is 1. The summed E-state index contributed by atoms with van der Waals surface area (Å²) in [6.07, 6.45) is 0.692. The number of para-hydroxylation sites is 1. The Labute approximate surface area is 125 Å². The molecule has 0 amide bonds. The minimum Gasteiger partial charge on any atom is -0.266 e. The molecular weight excluding hydrogens is 345 g/mol. The summed E-state index contributed by atoms with van der Waals surface area (Å²) in [5, 5.41) is 0. The standard InChI is InChI=1S/C14H11BrFNO2S/c15-12-9-11(5-6-13(12)16)20(18,19)17-8-7-10-3-1-2-4-14(10)17/h1-6,9H,7-8H2. The van der Waals surface area contributed by atoms with Gasteiger partial charge >= 0.3 is 0 Å². The molecule has 20 heavy (non-hydrogen) atoms. The Balaban J connectivity index is 2.07. The first-order valence-corrected chi connectivity index (χ1v) is 8.29. The highest BCUT2D eigenvalue weighted by Crippen LogP contribution is 2.33. The molecule has 0 N–H and O–H groups in total. The second-order valence-corrected chi connectivity index (χ2v) is 7.25. The molecule has 104 valence electrons. The SMILES string of the molecule is O=S(=O)(c1ccc(F)c(Br)c1)N1CCc2ccccc21. The van der Waals surface area contributed by atoms with Gasteiger partial charge < -0.3 is 0 Å². The molecule has 2 aromatic carbocycles. The molecular formula is C14H11BrFNO2S. The Morgan fingerprint density at radius 2 is 1.90 bits per heavy atom. The van der Waals surface area contributed by atoms with Crippen molar-refractivity contribution in [1.82, 2.24) is 0 Å². The van der Waals surface area contributed by atoms with E-state index in [0.717, 1.165) is 11.6 Å². The van der Waals surface area contributed by atoms with Crippen molar-refractivity contribution in [3.8, 4) is 0 Å². The van der Waals surface area contributed by atoms with Crippen LogP contribution < -0.4 is 4.31 Å². The van der Waals surface area contributed by atoms with Gasteiger partial charge in [0.15, 0.2) is 0 Å². The lowest BCUT2D eigenvalue weighted by atomic mass is 10.2. The molecule has 0 unspecified atom stereocenters. The van der Waals surface area contributed by atoms with E-state index in [4.69, 9.17) is 0 Å². The van der Waals surface area contributed by atoms with Crippen LogP contribution in [0.2, 0.25) is 0 Å². The highest BCUT2D eigenvalue weighted by molar-refractivity contribution is 9.10. The molecule has 0 aromatic heterocycles. The van der Waals surface area contributed by atoms with Gasteiger partial charge in [0.2, 0.25) is 0 Å². The van der Waals surface area contributed by atoms with Gasteiger partial charge in [0.25, 0.3) is 10.0 Å². The molecule has 1 aliphatic rings. The van der Waals surface area contributed by atoms with Crippen molar-refractivity contribution in [2.45, 2.75) is 11.3 Å². The first-order chi connectivity index (χ1) is 9.50. The Hall–Kier alpha value is -1.40. The van der Waals surface area contributed by atoms with Crippen molar-refractivity contribution in [2.24, 2.45) is 0 Å². The van der Waals surface area contributed by atoms with E-state index in [-0.39, 0.29) is 9.37 Å². The minimum atomic E-state index is -3.65. The highest BCUT2D eigenvalue weighted by atomic mass is 79.9. The first kappa shape index (κ1) is 13.6. The molecule has 0 radical (unpaired) electrons. The molecule has 2 aromatic rings. The summed E-state index contributed by atoms with van der Waals surface area (Å²) in [5.41, 5.74) is 1.71. The Morgan fingerprint density at radius 3 is 2.65 bits per heavy atom. The van der Waals surface area contributed by atoms with E-state index in [1.54, 1.807) is 6.07 Å². The summed E-state index contributed by atoms with van der Waals surface area (Å²) in [6, 6.07) is 11.2. The normalized spacial score (nSPS) is 14.4. The molecule has 0 saturated carbocycles. The monoisotopic (exact) mass is 355 g/mol. The molecule has 0 bridgehead atoms. The van der Waals surface area contributed by atoms with Gasteiger partial charge in [0.1, 0.15) is 5.82 Å². The maximum atomic E-state index is 13.2. The van der Waals surface area contributed by atoms with E-state index in [0.29, 0.717) is 18.7 Å². The molecule has 0 spiro atoms. The average molecular weight is 356 g/mol. The predicted molar refractivity (Wildman–Crippen MR) is 78.8 cm³/mol. The van der Waals surface area contributed by atoms with Crippen LogP contribution in [0.25, 0.3) is 0 Å². The van der Waals surface area contributed by atoms with E-state index in [1.165, 1.54) is 16.4 Å². The predicted octanol–water partition coefficient (Wildman–Crippen LogP) is 3.34. The minimum absolute atomic E-state index is 0.0856. The summed E-state index contributed by atoms with van der Waals surface area (Å²) in [4.78, 5) is 0.0856. The molecule has 1 aliphatic heterocycles. The van der Waals surface area contributed by atoms with Crippen molar-refractivity contribution < 1.29 is 12.8 Å². The van der Waals surface area contributed by atoms with Crippen molar-refractivity contribution in [3.63, 3.8) is 0 Å². The lowest BCUT2D eigenvalue weighted by Crippen LogP contribution is -2.29. The van der Waals surface area contributed by atoms with Crippen molar-refractivity contribution in [2.75, 3.05) is 10.8 Å². The molecule has 0 saturated heterocycles. The lowest BCUT2D eigenvalue weighted by molar-refractivity contribution is 0.590. The maximum Gasteiger partial charge on any atom is 0.264 e. The molecule has 0 fully saturated rings. The van der Waals surface area contributed by atoms with Gasteiger partial charge in [0, 0.05) is 6.54 Å².